The molecule has 0 amide bonds. The number of pyridine rings is 1. The van der Waals surface area contributed by atoms with Gasteiger partial charge in [-0.2, -0.15) is 10.2 Å². The van der Waals surface area contributed by atoms with Gasteiger partial charge >= 0.3 is 0 Å². The molecule has 2 atom stereocenters. The van der Waals surface area contributed by atoms with Crippen molar-refractivity contribution in [2.75, 3.05) is 67.6 Å². The summed E-state index contributed by atoms with van der Waals surface area (Å²) in [5.74, 6) is 1.89. The zero-order valence-corrected chi connectivity index (χ0v) is 24.8. The van der Waals surface area contributed by atoms with Crippen molar-refractivity contribution < 1.29 is 13.9 Å². The van der Waals surface area contributed by atoms with E-state index in [0.29, 0.717) is 47.7 Å². The summed E-state index contributed by atoms with van der Waals surface area (Å²) in [7, 11) is 0. The number of aromatic nitrogens is 4. The number of nitrogens with zero attached hydrogens (tertiary/aromatic N) is 8. The molecule has 0 saturated carbocycles. The van der Waals surface area contributed by atoms with Crippen molar-refractivity contribution in [2.24, 2.45) is 0 Å². The highest BCUT2D eigenvalue weighted by Gasteiger charge is 2.32. The number of ether oxygens (including phenoxy) is 2. The number of halogens is 1. The van der Waals surface area contributed by atoms with Gasteiger partial charge in [-0.15, -0.1) is 0 Å². The number of rotatable bonds is 8. The Morgan fingerprint density at radius 1 is 0.933 bits per heavy atom. The maximum atomic E-state index is 15.1. The lowest BCUT2D eigenvalue weighted by Gasteiger charge is -2.43. The minimum absolute atomic E-state index is 0.179. The molecule has 0 spiro atoms. The quantitative estimate of drug-likeness (QED) is 0.313. The van der Waals surface area contributed by atoms with Crippen LogP contribution in [0.1, 0.15) is 12.0 Å². The van der Waals surface area contributed by atoms with Gasteiger partial charge in [-0.3, -0.25) is 4.90 Å². The molecule has 3 aliphatic rings. The van der Waals surface area contributed by atoms with Gasteiger partial charge < -0.3 is 24.6 Å². The van der Waals surface area contributed by atoms with Crippen LogP contribution in [0.2, 0.25) is 0 Å². The molecular weight excluding hydrogens is 573 g/mol. The van der Waals surface area contributed by atoms with Crippen LogP contribution in [0.25, 0.3) is 11.4 Å². The summed E-state index contributed by atoms with van der Waals surface area (Å²) in [4.78, 5) is 24.3. The van der Waals surface area contributed by atoms with Crippen LogP contribution >= 0.6 is 0 Å². The third-order valence-corrected chi connectivity index (χ3v) is 8.60. The molecule has 4 aromatic rings. The van der Waals surface area contributed by atoms with Gasteiger partial charge in [-0.1, -0.05) is 6.07 Å². The monoisotopic (exact) mass is 607 g/mol. The standard InChI is InChI=1S/C33H34FN9O2/c34-28-19-43(31-3-1-2-11-36-31)12-10-30(28)45-29-9-4-23(17-24(29)18-35)32-37-22-38-33(40-32)39-25-5-7-26(8-6-25)41-13-15-42(16-14-41)27-20-44-21-27/h1-9,11,17,22,27-28,30H,10,12-16,19-21H2,(H,37,38,39,40)/t28-,30+/m1/s1. The van der Waals surface area contributed by atoms with Crippen molar-refractivity contribution in [3.8, 4) is 23.2 Å². The SMILES string of the molecule is N#Cc1cc(-c2ncnc(Nc3ccc(N4CCN(C5COC5)CC4)cc3)n2)ccc1O[C@H]1CCN(c2ccccn2)C[C@H]1F. The molecule has 0 aliphatic carbocycles. The fourth-order valence-electron chi connectivity index (χ4n) is 5.95. The van der Waals surface area contributed by atoms with Crippen LogP contribution in [0.15, 0.2) is 73.2 Å². The molecule has 12 heteroatoms. The lowest BCUT2D eigenvalue weighted by molar-refractivity contribution is -0.0660. The van der Waals surface area contributed by atoms with Crippen LogP contribution in [0, 0.1) is 11.3 Å². The van der Waals surface area contributed by atoms with E-state index in [0.717, 1.165) is 50.9 Å². The molecule has 0 bridgehead atoms. The molecule has 2 aromatic carbocycles. The third kappa shape index (κ3) is 6.50. The van der Waals surface area contributed by atoms with Crippen molar-refractivity contribution in [3.63, 3.8) is 0 Å². The Morgan fingerprint density at radius 3 is 2.49 bits per heavy atom. The van der Waals surface area contributed by atoms with E-state index >= 15 is 4.39 Å². The molecule has 230 valence electrons. The van der Waals surface area contributed by atoms with Gasteiger partial charge in [0.1, 0.15) is 30.1 Å². The average molecular weight is 608 g/mol. The molecule has 7 rings (SSSR count). The largest absolute Gasteiger partial charge is 0.486 e. The van der Waals surface area contributed by atoms with Gasteiger partial charge in [0.15, 0.2) is 12.0 Å². The summed E-state index contributed by atoms with van der Waals surface area (Å²) < 4.78 is 26.5. The summed E-state index contributed by atoms with van der Waals surface area (Å²) in [6, 6.07) is 21.7. The van der Waals surface area contributed by atoms with E-state index in [4.69, 9.17) is 9.47 Å². The minimum atomic E-state index is -1.23. The zero-order valence-electron chi connectivity index (χ0n) is 24.8. The van der Waals surface area contributed by atoms with Crippen LogP contribution in [0.3, 0.4) is 0 Å². The molecule has 45 heavy (non-hydrogen) atoms. The van der Waals surface area contributed by atoms with Crippen molar-refractivity contribution in [1.29, 1.82) is 5.26 Å². The summed E-state index contributed by atoms with van der Waals surface area (Å²) in [6.45, 7) is 6.58. The van der Waals surface area contributed by atoms with Crippen LogP contribution in [0.5, 0.6) is 5.75 Å². The number of piperidine rings is 1. The summed E-state index contributed by atoms with van der Waals surface area (Å²) >= 11 is 0. The van der Waals surface area contributed by atoms with Crippen molar-refractivity contribution in [3.05, 3.63) is 78.8 Å². The number of anilines is 4. The lowest BCUT2D eigenvalue weighted by atomic mass is 10.0. The maximum Gasteiger partial charge on any atom is 0.230 e. The van der Waals surface area contributed by atoms with E-state index in [1.54, 1.807) is 24.4 Å². The number of nitriles is 1. The summed E-state index contributed by atoms with van der Waals surface area (Å²) in [5.41, 5.74) is 2.97. The van der Waals surface area contributed by atoms with Gasteiger partial charge in [0.2, 0.25) is 5.95 Å². The molecule has 1 N–H and O–H groups in total. The normalized spacial score (nSPS) is 20.7. The second kappa shape index (κ2) is 13.0. The van der Waals surface area contributed by atoms with E-state index < -0.39 is 12.3 Å². The van der Waals surface area contributed by atoms with Crippen LogP contribution in [-0.2, 0) is 4.74 Å². The predicted molar refractivity (Wildman–Crippen MR) is 168 cm³/mol. The zero-order chi connectivity index (χ0) is 30.6. The summed E-state index contributed by atoms with van der Waals surface area (Å²) in [5, 5.41) is 13.1. The second-order valence-corrected chi connectivity index (χ2v) is 11.4. The third-order valence-electron chi connectivity index (χ3n) is 8.60. The van der Waals surface area contributed by atoms with Crippen LogP contribution < -0.4 is 19.9 Å². The Morgan fingerprint density at radius 2 is 1.78 bits per heavy atom. The van der Waals surface area contributed by atoms with Gasteiger partial charge in [0, 0.05) is 62.3 Å². The first-order valence-corrected chi connectivity index (χ1v) is 15.3. The predicted octanol–water partition coefficient (Wildman–Crippen LogP) is 4.07. The molecule has 3 fully saturated rings. The van der Waals surface area contributed by atoms with Crippen LogP contribution in [0.4, 0.5) is 27.5 Å². The number of nitrogens with one attached hydrogen (secondary N) is 1. The van der Waals surface area contributed by atoms with E-state index in [9.17, 15) is 5.26 Å². The highest BCUT2D eigenvalue weighted by molar-refractivity contribution is 5.64. The molecule has 11 nitrogen and oxygen atoms in total. The number of alkyl halides is 1. The Bertz CT molecular complexity index is 1640. The smallest absolute Gasteiger partial charge is 0.230 e. The number of hydrogen-bond acceptors (Lipinski definition) is 11. The first-order valence-electron chi connectivity index (χ1n) is 15.3. The Hall–Kier alpha value is -4.86. The van der Waals surface area contributed by atoms with Crippen molar-refractivity contribution in [2.45, 2.75) is 24.7 Å². The first kappa shape index (κ1) is 28.9. The highest BCUT2D eigenvalue weighted by atomic mass is 19.1. The fourth-order valence-corrected chi connectivity index (χ4v) is 5.95. The fraction of sp³-hybridized carbons (Fsp3) is 0.364. The van der Waals surface area contributed by atoms with E-state index in [1.807, 2.05) is 35.2 Å². The highest BCUT2D eigenvalue weighted by Crippen LogP contribution is 2.29. The topological polar surface area (TPSA) is 116 Å². The molecule has 3 saturated heterocycles. The molecule has 5 heterocycles. The Balaban J connectivity index is 0.975. The first-order chi connectivity index (χ1) is 22.1. The minimum Gasteiger partial charge on any atom is -0.486 e. The lowest BCUT2D eigenvalue weighted by Crippen LogP contribution is -2.56. The molecule has 0 unspecified atom stereocenters. The number of hydrogen-bond donors (Lipinski definition) is 1. The average Bonchev–Trinajstić information content (AvgIpc) is 3.06. The van der Waals surface area contributed by atoms with Crippen molar-refractivity contribution in [1.82, 2.24) is 24.8 Å². The van der Waals surface area contributed by atoms with Gasteiger partial charge in [0.25, 0.3) is 0 Å². The Kier molecular flexibility index (Phi) is 8.35. The van der Waals surface area contributed by atoms with E-state index in [1.165, 1.54) is 12.0 Å². The Labute approximate surface area is 261 Å². The summed E-state index contributed by atoms with van der Waals surface area (Å²) in [6.07, 6.45) is 1.72. The molecule has 3 aliphatic heterocycles. The molecule has 2 aromatic heterocycles. The van der Waals surface area contributed by atoms with E-state index in [2.05, 4.69) is 53.3 Å². The van der Waals surface area contributed by atoms with Gasteiger partial charge in [0.05, 0.1) is 31.4 Å². The maximum absolute atomic E-state index is 15.1. The molecule has 0 radical (unpaired) electrons. The number of piperazine rings is 1. The van der Waals surface area contributed by atoms with E-state index in [-0.39, 0.29) is 6.54 Å². The van der Waals surface area contributed by atoms with Gasteiger partial charge in [-0.05, 0) is 54.6 Å². The number of benzene rings is 2. The van der Waals surface area contributed by atoms with Crippen LogP contribution in [-0.4, -0.2) is 95.6 Å². The van der Waals surface area contributed by atoms with Gasteiger partial charge in [-0.25, -0.2) is 19.3 Å². The second-order valence-electron chi connectivity index (χ2n) is 11.4. The molecular formula is C33H34FN9O2. The van der Waals surface area contributed by atoms with Crippen molar-refractivity contribution >= 4 is 23.1 Å².